The van der Waals surface area contributed by atoms with Crippen LogP contribution in [0, 0.1) is 0 Å². The summed E-state index contributed by atoms with van der Waals surface area (Å²) in [5.41, 5.74) is 0. The minimum absolute atomic E-state index is 0.0197. The first kappa shape index (κ1) is 9.86. The van der Waals surface area contributed by atoms with Gasteiger partial charge in [0, 0.05) is 9.17 Å². The van der Waals surface area contributed by atoms with Crippen molar-refractivity contribution >= 4 is 37.4 Å². The van der Waals surface area contributed by atoms with E-state index in [1.54, 1.807) is 0 Å². The molecule has 0 aliphatic heterocycles. The van der Waals surface area contributed by atoms with Crippen molar-refractivity contribution in [3.8, 4) is 5.75 Å². The van der Waals surface area contributed by atoms with Crippen LogP contribution in [0.5, 0.6) is 5.75 Å². The third-order valence-electron chi connectivity index (χ3n) is 1.79. The van der Waals surface area contributed by atoms with Crippen LogP contribution in [-0.2, 0) is 0 Å². The van der Waals surface area contributed by atoms with Gasteiger partial charge in [0.15, 0.2) is 0 Å². The molecule has 2 rings (SSSR count). The van der Waals surface area contributed by atoms with Crippen LogP contribution in [-0.4, -0.2) is 5.11 Å². The van der Waals surface area contributed by atoms with E-state index in [4.69, 9.17) is 0 Å². The second-order valence-electron chi connectivity index (χ2n) is 2.80. The molecule has 0 saturated heterocycles. The quantitative estimate of drug-likeness (QED) is 0.824. The Bertz CT molecular complexity index is 481. The van der Waals surface area contributed by atoms with Crippen molar-refractivity contribution in [2.24, 2.45) is 0 Å². The van der Waals surface area contributed by atoms with E-state index < -0.39 is 6.43 Å². The summed E-state index contributed by atoms with van der Waals surface area (Å²) in [6.45, 7) is 0. The van der Waals surface area contributed by atoms with E-state index in [0.29, 0.717) is 9.86 Å². The fourth-order valence-electron chi connectivity index (χ4n) is 1.22. The van der Waals surface area contributed by atoms with Gasteiger partial charge in [0.05, 0.1) is 4.88 Å². The number of phenols is 1. The molecule has 2 aromatic rings. The van der Waals surface area contributed by atoms with Gasteiger partial charge in [0.2, 0.25) is 0 Å². The van der Waals surface area contributed by atoms with Gasteiger partial charge in [-0.3, -0.25) is 0 Å². The molecular formula is C9H5BrF2OS. The Morgan fingerprint density at radius 3 is 2.64 bits per heavy atom. The zero-order valence-corrected chi connectivity index (χ0v) is 9.20. The van der Waals surface area contributed by atoms with Gasteiger partial charge < -0.3 is 5.11 Å². The van der Waals surface area contributed by atoms with Gasteiger partial charge in [-0.25, -0.2) is 8.78 Å². The van der Waals surface area contributed by atoms with Crippen molar-refractivity contribution in [3.05, 3.63) is 27.5 Å². The molecule has 0 amide bonds. The molecular weight excluding hydrogens is 274 g/mol. The summed E-state index contributed by atoms with van der Waals surface area (Å²) in [7, 11) is 0. The number of halogens is 3. The van der Waals surface area contributed by atoms with E-state index in [1.807, 2.05) is 0 Å². The molecule has 0 radical (unpaired) electrons. The second kappa shape index (κ2) is 3.47. The standard InChI is InChI=1S/C9H5BrF2OS/c10-6-3-5(13)1-4-2-7(9(11)12)14-8(4)6/h1-3,9,13H. The molecule has 0 atom stereocenters. The molecule has 1 aromatic carbocycles. The van der Waals surface area contributed by atoms with Crippen LogP contribution in [0.1, 0.15) is 11.3 Å². The predicted octanol–water partition coefficient (Wildman–Crippen LogP) is 4.31. The summed E-state index contributed by atoms with van der Waals surface area (Å²) in [5, 5.41) is 9.88. The fourth-order valence-corrected chi connectivity index (χ4v) is 2.83. The Morgan fingerprint density at radius 2 is 2.00 bits per heavy atom. The summed E-state index contributed by atoms with van der Waals surface area (Å²) in [5.74, 6) is 0.0722. The highest BCUT2D eigenvalue weighted by Crippen LogP contribution is 2.38. The Hall–Kier alpha value is -0.680. The first-order chi connectivity index (χ1) is 6.58. The van der Waals surface area contributed by atoms with Crippen LogP contribution >= 0.6 is 27.3 Å². The molecule has 1 aromatic heterocycles. The molecule has 0 bridgehead atoms. The number of alkyl halides is 2. The number of phenolic OH excluding ortho intramolecular Hbond substituents is 1. The zero-order chi connectivity index (χ0) is 10.3. The third kappa shape index (κ3) is 1.62. The average molecular weight is 279 g/mol. The second-order valence-corrected chi connectivity index (χ2v) is 4.73. The topological polar surface area (TPSA) is 20.2 Å². The number of fused-ring (bicyclic) bond motifs is 1. The van der Waals surface area contributed by atoms with Crippen molar-refractivity contribution in [2.45, 2.75) is 6.43 Å². The van der Waals surface area contributed by atoms with E-state index in [2.05, 4.69) is 15.9 Å². The minimum atomic E-state index is -2.46. The molecule has 0 unspecified atom stereocenters. The molecule has 5 heteroatoms. The molecule has 14 heavy (non-hydrogen) atoms. The van der Waals surface area contributed by atoms with E-state index in [-0.39, 0.29) is 10.6 Å². The Kier molecular flexibility index (Phi) is 2.45. The number of hydrogen-bond donors (Lipinski definition) is 1. The lowest BCUT2D eigenvalue weighted by Crippen LogP contribution is -1.72. The van der Waals surface area contributed by atoms with Crippen LogP contribution in [0.4, 0.5) is 8.78 Å². The van der Waals surface area contributed by atoms with Crippen molar-refractivity contribution in [1.29, 1.82) is 0 Å². The van der Waals surface area contributed by atoms with Gasteiger partial charge in [-0.15, -0.1) is 11.3 Å². The summed E-state index contributed by atoms with van der Waals surface area (Å²) in [6.07, 6.45) is -2.46. The number of rotatable bonds is 1. The zero-order valence-electron chi connectivity index (χ0n) is 6.80. The lowest BCUT2D eigenvalue weighted by atomic mass is 10.2. The molecule has 1 nitrogen and oxygen atoms in total. The molecule has 1 heterocycles. The Morgan fingerprint density at radius 1 is 1.29 bits per heavy atom. The maximum atomic E-state index is 12.4. The van der Waals surface area contributed by atoms with Crippen molar-refractivity contribution < 1.29 is 13.9 Å². The molecule has 0 saturated carbocycles. The van der Waals surface area contributed by atoms with Crippen LogP contribution < -0.4 is 0 Å². The normalized spacial score (nSPS) is 11.4. The largest absolute Gasteiger partial charge is 0.508 e. The van der Waals surface area contributed by atoms with Crippen molar-refractivity contribution in [1.82, 2.24) is 0 Å². The molecule has 0 aliphatic carbocycles. The lowest BCUT2D eigenvalue weighted by molar-refractivity contribution is 0.156. The van der Waals surface area contributed by atoms with Gasteiger partial charge in [0.1, 0.15) is 5.75 Å². The molecule has 0 spiro atoms. The Labute approximate surface area is 91.1 Å². The van der Waals surface area contributed by atoms with Crippen LogP contribution in [0.15, 0.2) is 22.7 Å². The van der Waals surface area contributed by atoms with Gasteiger partial charge in [-0.05, 0) is 39.5 Å². The first-order valence-electron chi connectivity index (χ1n) is 3.78. The highest BCUT2D eigenvalue weighted by Gasteiger charge is 2.13. The maximum absolute atomic E-state index is 12.4. The minimum Gasteiger partial charge on any atom is -0.508 e. The molecule has 74 valence electrons. The van der Waals surface area contributed by atoms with E-state index in [0.717, 1.165) is 16.0 Å². The highest BCUT2D eigenvalue weighted by molar-refractivity contribution is 9.10. The van der Waals surface area contributed by atoms with Crippen molar-refractivity contribution in [3.63, 3.8) is 0 Å². The number of thiophene rings is 1. The molecule has 1 N–H and O–H groups in total. The average Bonchev–Trinajstić information content (AvgIpc) is 2.47. The SMILES string of the molecule is Oc1cc(Br)c2sc(C(F)F)cc2c1. The Balaban J connectivity index is 2.70. The highest BCUT2D eigenvalue weighted by atomic mass is 79.9. The maximum Gasteiger partial charge on any atom is 0.272 e. The summed E-state index contributed by atoms with van der Waals surface area (Å²) < 4.78 is 26.1. The van der Waals surface area contributed by atoms with E-state index in [9.17, 15) is 13.9 Å². The number of hydrogen-bond acceptors (Lipinski definition) is 2. The van der Waals surface area contributed by atoms with Crippen LogP contribution in [0.3, 0.4) is 0 Å². The lowest BCUT2D eigenvalue weighted by Gasteiger charge is -1.94. The fraction of sp³-hybridized carbons (Fsp3) is 0.111. The monoisotopic (exact) mass is 278 g/mol. The third-order valence-corrected chi connectivity index (χ3v) is 3.87. The summed E-state index contributed by atoms with van der Waals surface area (Å²) in [4.78, 5) is 0.0197. The molecule has 0 aliphatic rings. The van der Waals surface area contributed by atoms with Crippen LogP contribution in [0.25, 0.3) is 10.1 Å². The molecule has 0 fully saturated rings. The van der Waals surface area contributed by atoms with Gasteiger partial charge >= 0.3 is 0 Å². The summed E-state index contributed by atoms with van der Waals surface area (Å²) in [6, 6.07) is 4.37. The number of benzene rings is 1. The summed E-state index contributed by atoms with van der Waals surface area (Å²) >= 11 is 4.25. The van der Waals surface area contributed by atoms with Gasteiger partial charge in [-0.2, -0.15) is 0 Å². The van der Waals surface area contributed by atoms with E-state index >= 15 is 0 Å². The van der Waals surface area contributed by atoms with Gasteiger partial charge in [-0.1, -0.05) is 0 Å². The van der Waals surface area contributed by atoms with Crippen LogP contribution in [0.2, 0.25) is 0 Å². The van der Waals surface area contributed by atoms with Gasteiger partial charge in [0.25, 0.3) is 6.43 Å². The first-order valence-corrected chi connectivity index (χ1v) is 5.39. The predicted molar refractivity (Wildman–Crippen MR) is 56.1 cm³/mol. The number of aromatic hydroxyl groups is 1. The van der Waals surface area contributed by atoms with E-state index in [1.165, 1.54) is 18.2 Å². The smallest absolute Gasteiger partial charge is 0.272 e. The van der Waals surface area contributed by atoms with Crippen molar-refractivity contribution in [2.75, 3.05) is 0 Å².